The summed E-state index contributed by atoms with van der Waals surface area (Å²) in [6.07, 6.45) is -4.85. The monoisotopic (exact) mass is 677 g/mol. The highest BCUT2D eigenvalue weighted by atomic mass is 19.4. The Labute approximate surface area is 263 Å². The number of hydrogen-bond acceptors (Lipinski definition) is 7. The van der Waals surface area contributed by atoms with Gasteiger partial charge in [0.15, 0.2) is 0 Å². The lowest BCUT2D eigenvalue weighted by Gasteiger charge is -2.26. The molecule has 0 spiro atoms. The number of aryl methyl sites for hydroxylation is 1. The van der Waals surface area contributed by atoms with Gasteiger partial charge in [0.2, 0.25) is 11.8 Å². The first kappa shape index (κ1) is 38.5. The molecule has 3 heterocycles. The Balaban J connectivity index is 0.000000459. The van der Waals surface area contributed by atoms with E-state index in [1.54, 1.807) is 24.4 Å². The van der Waals surface area contributed by atoms with Crippen LogP contribution >= 0.6 is 0 Å². The summed E-state index contributed by atoms with van der Waals surface area (Å²) in [5.74, 6) is -5.76. The summed E-state index contributed by atoms with van der Waals surface area (Å²) in [6.45, 7) is 1.32. The molecule has 3 aromatic rings. The minimum Gasteiger partial charge on any atom is -0.475 e. The molecule has 2 amide bonds. The van der Waals surface area contributed by atoms with Crippen LogP contribution in [0.1, 0.15) is 24.1 Å². The Bertz CT molecular complexity index is 1430. The number of aromatic amines is 1. The molecule has 47 heavy (non-hydrogen) atoms. The molecule has 0 radical (unpaired) electrons. The largest absolute Gasteiger partial charge is 0.490 e. The zero-order valence-corrected chi connectivity index (χ0v) is 24.8. The van der Waals surface area contributed by atoms with Gasteiger partial charge in [0.1, 0.15) is 6.04 Å². The number of likely N-dealkylation sites (tertiary alicyclic amines) is 1. The number of ether oxygens (including phenoxy) is 1. The average molecular weight is 678 g/mol. The molecule has 3 atom stereocenters. The Kier molecular flexibility index (Phi) is 14.1. The fourth-order valence-electron chi connectivity index (χ4n) is 4.50. The summed E-state index contributed by atoms with van der Waals surface area (Å²) in [5.41, 5.74) is 9.26. The zero-order valence-electron chi connectivity index (χ0n) is 24.8. The number of carbonyl (C=O) groups is 4. The van der Waals surface area contributed by atoms with E-state index in [1.165, 1.54) is 0 Å². The second kappa shape index (κ2) is 17.3. The number of pyridine rings is 1. The maximum Gasteiger partial charge on any atom is 0.490 e. The van der Waals surface area contributed by atoms with E-state index in [0.717, 1.165) is 28.6 Å². The molecule has 4 rings (SSSR count). The average Bonchev–Trinajstić information content (AvgIpc) is 3.63. The molecule has 0 aliphatic carbocycles. The van der Waals surface area contributed by atoms with Gasteiger partial charge in [0, 0.05) is 48.6 Å². The van der Waals surface area contributed by atoms with Crippen LogP contribution in [0.25, 0.3) is 10.9 Å². The third-order valence-electron chi connectivity index (χ3n) is 6.69. The molecular formula is C29H33F6N5O7. The maximum absolute atomic E-state index is 13.2. The van der Waals surface area contributed by atoms with Gasteiger partial charge in [0.05, 0.1) is 19.2 Å². The fourth-order valence-corrected chi connectivity index (χ4v) is 4.50. The Morgan fingerprint density at radius 2 is 1.66 bits per heavy atom. The topological polar surface area (TPSA) is 188 Å². The van der Waals surface area contributed by atoms with Crippen LogP contribution in [0.3, 0.4) is 0 Å². The molecule has 18 heteroatoms. The van der Waals surface area contributed by atoms with Crippen LogP contribution < -0.4 is 11.1 Å². The van der Waals surface area contributed by atoms with E-state index < -0.39 is 36.4 Å². The van der Waals surface area contributed by atoms with Gasteiger partial charge in [-0.1, -0.05) is 30.3 Å². The maximum atomic E-state index is 13.2. The number of fused-ring (bicyclic) bond motifs is 1. The lowest BCUT2D eigenvalue weighted by molar-refractivity contribution is -0.193. The number of rotatable bonds is 9. The molecule has 0 bridgehead atoms. The second-order valence-corrected chi connectivity index (χ2v) is 10.3. The number of alkyl halides is 6. The molecule has 1 aliphatic rings. The third-order valence-corrected chi connectivity index (χ3v) is 6.69. The fraction of sp³-hybridized carbons (Fsp3) is 0.414. The van der Waals surface area contributed by atoms with Gasteiger partial charge in [-0.25, -0.2) is 9.59 Å². The molecule has 258 valence electrons. The minimum atomic E-state index is -5.08. The summed E-state index contributed by atoms with van der Waals surface area (Å²) < 4.78 is 68.8. The van der Waals surface area contributed by atoms with Crippen LogP contribution in [0.4, 0.5) is 26.3 Å². The number of carboxylic acid groups (broad SMARTS) is 2. The van der Waals surface area contributed by atoms with E-state index in [4.69, 9.17) is 30.3 Å². The highest BCUT2D eigenvalue weighted by Crippen LogP contribution is 2.25. The molecular weight excluding hydrogens is 644 g/mol. The summed E-state index contributed by atoms with van der Waals surface area (Å²) >= 11 is 0. The van der Waals surface area contributed by atoms with E-state index in [0.29, 0.717) is 32.5 Å². The lowest BCUT2D eigenvalue weighted by Crippen LogP contribution is -2.51. The number of amides is 2. The molecule has 0 unspecified atom stereocenters. The lowest BCUT2D eigenvalue weighted by atomic mass is 10.0. The SMILES string of the molecule is COC[C@H]1C[C@@H](C(=O)NCc2cc3cnccc3[nH]2)N(C(=O)[C@H](N)CCc2ccccc2)C1.O=C(O)C(F)(F)F.O=C(O)C(F)(F)F. The van der Waals surface area contributed by atoms with Gasteiger partial charge >= 0.3 is 24.3 Å². The summed E-state index contributed by atoms with van der Waals surface area (Å²) in [7, 11) is 1.63. The van der Waals surface area contributed by atoms with Crippen molar-refractivity contribution in [2.75, 3.05) is 20.3 Å². The smallest absolute Gasteiger partial charge is 0.475 e. The molecule has 1 fully saturated rings. The molecule has 1 aromatic carbocycles. The van der Waals surface area contributed by atoms with E-state index >= 15 is 0 Å². The van der Waals surface area contributed by atoms with Crippen LogP contribution in [0.15, 0.2) is 54.9 Å². The normalized spacial score (nSPS) is 16.7. The van der Waals surface area contributed by atoms with Crippen molar-refractivity contribution in [3.05, 3.63) is 66.1 Å². The van der Waals surface area contributed by atoms with Crippen molar-refractivity contribution in [3.8, 4) is 0 Å². The number of H-pyrrole nitrogens is 1. The predicted molar refractivity (Wildman–Crippen MR) is 154 cm³/mol. The van der Waals surface area contributed by atoms with Gasteiger partial charge in [-0.2, -0.15) is 26.3 Å². The first-order chi connectivity index (χ1) is 21.9. The molecule has 6 N–H and O–H groups in total. The quantitative estimate of drug-likeness (QED) is 0.212. The van der Waals surface area contributed by atoms with E-state index in [1.807, 2.05) is 42.5 Å². The number of halogens is 6. The first-order valence-electron chi connectivity index (χ1n) is 13.8. The summed E-state index contributed by atoms with van der Waals surface area (Å²) in [5, 5.41) is 18.2. The number of carboxylic acids is 2. The second-order valence-electron chi connectivity index (χ2n) is 10.3. The highest BCUT2D eigenvalue weighted by molar-refractivity contribution is 5.90. The molecule has 1 aliphatic heterocycles. The van der Waals surface area contributed by atoms with Crippen molar-refractivity contribution < 1.29 is 60.5 Å². The number of nitrogens with zero attached hydrogens (tertiary/aromatic N) is 2. The van der Waals surface area contributed by atoms with Crippen molar-refractivity contribution in [2.45, 2.75) is 50.2 Å². The minimum absolute atomic E-state index is 0.107. The number of hydrogen-bond donors (Lipinski definition) is 5. The molecule has 2 aromatic heterocycles. The Hall–Kier alpha value is -4.71. The van der Waals surface area contributed by atoms with Gasteiger partial charge in [-0.3, -0.25) is 14.6 Å². The van der Waals surface area contributed by atoms with Crippen LogP contribution in [-0.4, -0.2) is 93.5 Å². The van der Waals surface area contributed by atoms with Crippen molar-refractivity contribution in [2.24, 2.45) is 11.7 Å². The van der Waals surface area contributed by atoms with Crippen molar-refractivity contribution >= 4 is 34.7 Å². The van der Waals surface area contributed by atoms with Crippen molar-refractivity contribution in [3.63, 3.8) is 0 Å². The van der Waals surface area contributed by atoms with Crippen molar-refractivity contribution in [1.82, 2.24) is 20.2 Å². The number of nitrogens with one attached hydrogen (secondary N) is 2. The molecule has 12 nitrogen and oxygen atoms in total. The number of aromatic nitrogens is 2. The number of methoxy groups -OCH3 is 1. The molecule has 0 saturated carbocycles. The van der Waals surface area contributed by atoms with Gasteiger partial charge in [-0.15, -0.1) is 0 Å². The molecule has 1 saturated heterocycles. The number of aliphatic carboxylic acids is 2. The van der Waals surface area contributed by atoms with E-state index in [9.17, 15) is 35.9 Å². The number of benzene rings is 1. The first-order valence-corrected chi connectivity index (χ1v) is 13.8. The van der Waals surface area contributed by atoms with Gasteiger partial charge in [-0.05, 0) is 37.0 Å². The van der Waals surface area contributed by atoms with Crippen LogP contribution in [0.5, 0.6) is 0 Å². The van der Waals surface area contributed by atoms with Crippen LogP contribution in [0, 0.1) is 5.92 Å². The van der Waals surface area contributed by atoms with E-state index in [-0.39, 0.29) is 17.7 Å². The Morgan fingerprint density at radius 3 is 2.19 bits per heavy atom. The van der Waals surface area contributed by atoms with E-state index in [2.05, 4.69) is 15.3 Å². The predicted octanol–water partition coefficient (Wildman–Crippen LogP) is 3.27. The van der Waals surface area contributed by atoms with Crippen LogP contribution in [-0.2, 0) is 36.9 Å². The Morgan fingerprint density at radius 1 is 1.06 bits per heavy atom. The highest BCUT2D eigenvalue weighted by Gasteiger charge is 2.41. The van der Waals surface area contributed by atoms with Crippen LogP contribution in [0.2, 0.25) is 0 Å². The zero-order chi connectivity index (χ0) is 35.4. The summed E-state index contributed by atoms with van der Waals surface area (Å²) in [6, 6.07) is 12.6. The standard InChI is InChI=1S/C25H31N5O3.2C2HF3O2/c1-33-16-18-11-23(24(31)28-14-20-12-19-13-27-10-9-22(19)29-20)30(15-18)25(32)21(26)8-7-17-5-3-2-4-6-17;2*3-2(4,5)1(6)7/h2-6,9-10,12-13,18,21,23,29H,7-8,11,14-16,26H2,1H3,(H,28,31);2*(H,6,7)/t18-,21+,23-;;/m0../s1. The van der Waals surface area contributed by atoms with Gasteiger partial charge < -0.3 is 35.9 Å². The van der Waals surface area contributed by atoms with Gasteiger partial charge in [0.25, 0.3) is 0 Å². The third kappa shape index (κ3) is 12.5. The number of carbonyl (C=O) groups excluding carboxylic acids is 2. The number of nitrogens with two attached hydrogens (primary N) is 1. The van der Waals surface area contributed by atoms with Crippen molar-refractivity contribution in [1.29, 1.82) is 0 Å². The summed E-state index contributed by atoms with van der Waals surface area (Å²) in [4.78, 5) is 53.1.